The van der Waals surface area contributed by atoms with E-state index in [1.165, 1.54) is 5.56 Å². The summed E-state index contributed by atoms with van der Waals surface area (Å²) in [6.45, 7) is 5.93. The zero-order chi connectivity index (χ0) is 22.1. The Morgan fingerprint density at radius 1 is 0.903 bits per heavy atom. The fourth-order valence-corrected chi connectivity index (χ4v) is 3.75. The van der Waals surface area contributed by atoms with Crippen molar-refractivity contribution in [3.8, 4) is 0 Å². The van der Waals surface area contributed by atoms with Crippen molar-refractivity contribution in [3.63, 3.8) is 0 Å². The lowest BCUT2D eigenvalue weighted by Crippen LogP contribution is -2.50. The third-order valence-corrected chi connectivity index (χ3v) is 5.63. The minimum Gasteiger partial charge on any atom is -0.337 e. The van der Waals surface area contributed by atoms with Gasteiger partial charge in [0, 0.05) is 37.3 Å². The second kappa shape index (κ2) is 8.45. The number of carbonyl (C=O) groups excluding carboxylic acids is 2. The number of aromatic amines is 1. The van der Waals surface area contributed by atoms with Gasteiger partial charge < -0.3 is 14.8 Å². The van der Waals surface area contributed by atoms with Gasteiger partial charge in [0.25, 0.3) is 18.2 Å². The molecule has 0 atom stereocenters. The average Bonchev–Trinajstić information content (AvgIpc) is 3.22. The molecule has 1 saturated heterocycles. The van der Waals surface area contributed by atoms with Crippen LogP contribution in [0.1, 0.15) is 58.3 Å². The van der Waals surface area contributed by atoms with E-state index in [1.54, 1.807) is 28.0 Å². The molecule has 6 nitrogen and oxygen atoms in total. The zero-order valence-electron chi connectivity index (χ0n) is 17.4. The standard InChI is InChI=1S/C23H24F2N4O2/c1-14(2)15-3-5-16(6-4-15)22(30)28-9-11-29(12-10-28)23(31)17-7-8-18-19(13-17)27-21(26-18)20(24)25/h3-8,13-14,20H,9-12H2,1-2H3,(H,26,27). The summed E-state index contributed by atoms with van der Waals surface area (Å²) in [7, 11) is 0. The molecule has 1 fully saturated rings. The van der Waals surface area contributed by atoms with Gasteiger partial charge in [0.15, 0.2) is 5.82 Å². The first kappa shape index (κ1) is 21.0. The predicted octanol–water partition coefficient (Wildman–Crippen LogP) is 4.22. The van der Waals surface area contributed by atoms with Gasteiger partial charge in [-0.2, -0.15) is 0 Å². The number of hydrogen-bond donors (Lipinski definition) is 1. The number of benzene rings is 2. The number of rotatable bonds is 4. The van der Waals surface area contributed by atoms with Crippen molar-refractivity contribution in [2.75, 3.05) is 26.2 Å². The molecule has 1 N–H and O–H groups in total. The summed E-state index contributed by atoms with van der Waals surface area (Å²) in [5, 5.41) is 0. The van der Waals surface area contributed by atoms with E-state index < -0.39 is 12.2 Å². The third-order valence-electron chi connectivity index (χ3n) is 5.63. The highest BCUT2D eigenvalue weighted by atomic mass is 19.3. The fourth-order valence-electron chi connectivity index (χ4n) is 3.75. The summed E-state index contributed by atoms with van der Waals surface area (Å²) < 4.78 is 25.7. The van der Waals surface area contributed by atoms with E-state index in [0.29, 0.717) is 54.3 Å². The number of amides is 2. The molecule has 31 heavy (non-hydrogen) atoms. The van der Waals surface area contributed by atoms with Crippen molar-refractivity contribution in [2.24, 2.45) is 0 Å². The van der Waals surface area contributed by atoms with E-state index in [9.17, 15) is 18.4 Å². The number of alkyl halides is 2. The highest BCUT2D eigenvalue weighted by molar-refractivity contribution is 5.98. The van der Waals surface area contributed by atoms with Crippen molar-refractivity contribution < 1.29 is 18.4 Å². The Labute approximate surface area is 178 Å². The molecule has 4 rings (SSSR count). The van der Waals surface area contributed by atoms with E-state index in [-0.39, 0.29) is 11.8 Å². The molecular weight excluding hydrogens is 402 g/mol. The minimum atomic E-state index is -2.70. The van der Waals surface area contributed by atoms with E-state index in [4.69, 9.17) is 0 Å². The van der Waals surface area contributed by atoms with Crippen molar-refractivity contribution in [3.05, 3.63) is 65.0 Å². The Morgan fingerprint density at radius 3 is 2.00 bits per heavy atom. The van der Waals surface area contributed by atoms with Gasteiger partial charge in [0.1, 0.15) is 0 Å². The van der Waals surface area contributed by atoms with Gasteiger partial charge in [0.05, 0.1) is 11.0 Å². The van der Waals surface area contributed by atoms with Crippen LogP contribution in [-0.4, -0.2) is 57.8 Å². The summed E-state index contributed by atoms with van der Waals surface area (Å²) in [6.07, 6.45) is -2.70. The molecule has 1 aliphatic heterocycles. The monoisotopic (exact) mass is 426 g/mol. The molecule has 0 bridgehead atoms. The highest BCUT2D eigenvalue weighted by Crippen LogP contribution is 2.22. The van der Waals surface area contributed by atoms with Crippen molar-refractivity contribution in [1.29, 1.82) is 0 Å². The number of carbonyl (C=O) groups is 2. The molecule has 1 aliphatic rings. The van der Waals surface area contributed by atoms with Gasteiger partial charge in [-0.15, -0.1) is 0 Å². The minimum absolute atomic E-state index is 0.0409. The number of imidazole rings is 1. The number of nitrogens with one attached hydrogen (secondary N) is 1. The molecular formula is C23H24F2N4O2. The maximum atomic E-state index is 12.9. The summed E-state index contributed by atoms with van der Waals surface area (Å²) >= 11 is 0. The highest BCUT2D eigenvalue weighted by Gasteiger charge is 2.26. The van der Waals surface area contributed by atoms with Gasteiger partial charge in [-0.25, -0.2) is 13.8 Å². The zero-order valence-corrected chi connectivity index (χ0v) is 17.4. The lowest BCUT2D eigenvalue weighted by Gasteiger charge is -2.35. The van der Waals surface area contributed by atoms with Crippen LogP contribution >= 0.6 is 0 Å². The number of fused-ring (bicyclic) bond motifs is 1. The van der Waals surface area contributed by atoms with E-state index in [2.05, 4.69) is 23.8 Å². The van der Waals surface area contributed by atoms with Crippen molar-refractivity contribution in [1.82, 2.24) is 19.8 Å². The Balaban J connectivity index is 1.40. The molecule has 2 amide bonds. The molecule has 0 unspecified atom stereocenters. The maximum absolute atomic E-state index is 12.9. The quantitative estimate of drug-likeness (QED) is 0.679. The van der Waals surface area contributed by atoms with Crippen LogP contribution in [0.15, 0.2) is 42.5 Å². The Bertz CT molecular complexity index is 1100. The van der Waals surface area contributed by atoms with Crippen LogP contribution in [0.2, 0.25) is 0 Å². The van der Waals surface area contributed by atoms with Crippen LogP contribution in [-0.2, 0) is 0 Å². The van der Waals surface area contributed by atoms with Gasteiger partial charge in [-0.3, -0.25) is 9.59 Å². The number of aromatic nitrogens is 2. The molecule has 2 heterocycles. The largest absolute Gasteiger partial charge is 0.337 e. The maximum Gasteiger partial charge on any atom is 0.295 e. The fraction of sp³-hybridized carbons (Fsp3) is 0.348. The Kier molecular flexibility index (Phi) is 5.71. The molecule has 0 spiro atoms. The summed E-state index contributed by atoms with van der Waals surface area (Å²) in [5.41, 5.74) is 3.03. The molecule has 0 saturated carbocycles. The number of hydrogen-bond acceptors (Lipinski definition) is 3. The Hall–Kier alpha value is -3.29. The second-order valence-electron chi connectivity index (χ2n) is 8.02. The third kappa shape index (κ3) is 4.28. The van der Waals surface area contributed by atoms with Crippen LogP contribution in [0.4, 0.5) is 8.78 Å². The molecule has 0 aliphatic carbocycles. The van der Waals surface area contributed by atoms with Gasteiger partial charge in [-0.05, 0) is 41.8 Å². The summed E-state index contributed by atoms with van der Waals surface area (Å²) in [5.74, 6) is -0.237. The first-order chi connectivity index (χ1) is 14.8. The second-order valence-corrected chi connectivity index (χ2v) is 8.02. The van der Waals surface area contributed by atoms with Gasteiger partial charge in [-0.1, -0.05) is 26.0 Å². The first-order valence-electron chi connectivity index (χ1n) is 10.3. The number of piperazine rings is 1. The van der Waals surface area contributed by atoms with Crippen LogP contribution < -0.4 is 0 Å². The molecule has 3 aromatic rings. The summed E-state index contributed by atoms with van der Waals surface area (Å²) in [6, 6.07) is 12.3. The first-order valence-corrected chi connectivity index (χ1v) is 10.3. The lowest BCUT2D eigenvalue weighted by molar-refractivity contribution is 0.0535. The molecule has 0 radical (unpaired) electrons. The molecule has 2 aromatic carbocycles. The van der Waals surface area contributed by atoms with E-state index >= 15 is 0 Å². The van der Waals surface area contributed by atoms with E-state index in [1.807, 2.05) is 24.3 Å². The van der Waals surface area contributed by atoms with Crippen LogP contribution in [0, 0.1) is 0 Å². The lowest BCUT2D eigenvalue weighted by atomic mass is 10.0. The Morgan fingerprint density at radius 2 is 1.45 bits per heavy atom. The van der Waals surface area contributed by atoms with Crippen LogP contribution in [0.3, 0.4) is 0 Å². The molecule has 162 valence electrons. The van der Waals surface area contributed by atoms with E-state index in [0.717, 1.165) is 0 Å². The van der Waals surface area contributed by atoms with Crippen molar-refractivity contribution >= 4 is 22.8 Å². The van der Waals surface area contributed by atoms with Crippen molar-refractivity contribution in [2.45, 2.75) is 26.2 Å². The number of nitrogens with zero attached hydrogens (tertiary/aromatic N) is 3. The predicted molar refractivity (Wildman–Crippen MR) is 113 cm³/mol. The SMILES string of the molecule is CC(C)c1ccc(C(=O)N2CCN(C(=O)c3ccc4nc(C(F)F)[nH]c4c3)CC2)cc1. The van der Waals surface area contributed by atoms with Gasteiger partial charge in [0.2, 0.25) is 0 Å². The molecule has 8 heteroatoms. The van der Waals surface area contributed by atoms with Crippen LogP contribution in [0.5, 0.6) is 0 Å². The number of H-pyrrole nitrogens is 1. The normalized spacial score (nSPS) is 14.6. The van der Waals surface area contributed by atoms with Gasteiger partial charge >= 0.3 is 0 Å². The number of halogens is 2. The average molecular weight is 426 g/mol. The molecule has 1 aromatic heterocycles. The summed E-state index contributed by atoms with van der Waals surface area (Å²) in [4.78, 5) is 35.5. The topological polar surface area (TPSA) is 69.3 Å². The smallest absolute Gasteiger partial charge is 0.295 e. The van der Waals surface area contributed by atoms with Crippen LogP contribution in [0.25, 0.3) is 11.0 Å².